The highest BCUT2D eigenvalue weighted by Gasteiger charge is 2.36. The maximum absolute atomic E-state index is 12.6. The molecule has 1 aromatic carbocycles. The lowest BCUT2D eigenvalue weighted by atomic mass is 9.97. The molecule has 0 aliphatic carbocycles. The summed E-state index contributed by atoms with van der Waals surface area (Å²) in [5.41, 5.74) is 0.670. The molecule has 0 N–H and O–H groups in total. The number of hydrogen-bond acceptors (Lipinski definition) is 5. The number of imide groups is 1. The van der Waals surface area contributed by atoms with Crippen molar-refractivity contribution in [3.05, 3.63) is 34.9 Å². The van der Waals surface area contributed by atoms with E-state index in [-0.39, 0.29) is 41.6 Å². The minimum atomic E-state index is -0.677. The van der Waals surface area contributed by atoms with Gasteiger partial charge in [-0.15, -0.1) is 0 Å². The van der Waals surface area contributed by atoms with Gasteiger partial charge >= 0.3 is 5.97 Å². The van der Waals surface area contributed by atoms with Crippen LogP contribution in [0.15, 0.2) is 18.2 Å². The van der Waals surface area contributed by atoms with Gasteiger partial charge in [0, 0.05) is 18.6 Å². The van der Waals surface area contributed by atoms with Gasteiger partial charge in [-0.25, -0.2) is 4.79 Å². The summed E-state index contributed by atoms with van der Waals surface area (Å²) >= 11 is 0. The normalized spacial score (nSPS) is 21.2. The van der Waals surface area contributed by atoms with Crippen LogP contribution in [0.1, 0.15) is 84.5 Å². The highest BCUT2D eigenvalue weighted by molar-refractivity contribution is 6.22. The van der Waals surface area contributed by atoms with Gasteiger partial charge < -0.3 is 9.64 Å². The van der Waals surface area contributed by atoms with E-state index >= 15 is 0 Å². The van der Waals surface area contributed by atoms with Crippen molar-refractivity contribution in [3.8, 4) is 0 Å². The van der Waals surface area contributed by atoms with Crippen molar-refractivity contribution < 1.29 is 23.9 Å². The Hall–Kier alpha value is -2.70. The van der Waals surface area contributed by atoms with Crippen molar-refractivity contribution in [1.82, 2.24) is 9.80 Å². The van der Waals surface area contributed by atoms with Crippen molar-refractivity contribution in [1.29, 1.82) is 0 Å². The van der Waals surface area contributed by atoms with Gasteiger partial charge in [-0.3, -0.25) is 19.3 Å². The smallest absolute Gasteiger partial charge is 0.338 e. The Kier molecular flexibility index (Phi) is 6.58. The first-order valence-corrected chi connectivity index (χ1v) is 10.7. The second-order valence-corrected chi connectivity index (χ2v) is 8.71. The van der Waals surface area contributed by atoms with Crippen molar-refractivity contribution in [2.45, 2.75) is 65.5 Å². The Bertz CT molecular complexity index is 853. The Morgan fingerprint density at radius 1 is 1.07 bits per heavy atom. The number of amides is 3. The average Bonchev–Trinajstić information content (AvgIpc) is 2.94. The van der Waals surface area contributed by atoms with Gasteiger partial charge in [0.2, 0.25) is 0 Å². The van der Waals surface area contributed by atoms with E-state index in [0.717, 1.165) is 25.7 Å². The summed E-state index contributed by atoms with van der Waals surface area (Å²) in [4.78, 5) is 53.2. The Labute approximate surface area is 177 Å². The number of esters is 1. The first-order valence-electron chi connectivity index (χ1n) is 10.7. The van der Waals surface area contributed by atoms with Gasteiger partial charge in [-0.2, -0.15) is 0 Å². The summed E-state index contributed by atoms with van der Waals surface area (Å²) in [6.07, 6.45) is 3.69. The highest BCUT2D eigenvalue weighted by atomic mass is 16.5. The number of benzene rings is 1. The molecule has 7 heteroatoms. The summed E-state index contributed by atoms with van der Waals surface area (Å²) in [5.74, 6) is -1.25. The molecule has 3 amide bonds. The van der Waals surface area contributed by atoms with Crippen LogP contribution in [-0.4, -0.2) is 58.7 Å². The van der Waals surface area contributed by atoms with Gasteiger partial charge in [0.15, 0.2) is 6.61 Å². The molecule has 2 heterocycles. The third-order valence-corrected chi connectivity index (χ3v) is 5.94. The minimum absolute atomic E-state index is 0.125. The number of likely N-dealkylation sites (tertiary alicyclic amines) is 1. The van der Waals surface area contributed by atoms with E-state index in [9.17, 15) is 19.2 Å². The number of piperidine rings is 1. The standard InChI is InChI=1S/C23H30N2O5/c1-14(2)10-11-24-21(27)18-9-8-17(12-19(18)22(24)28)23(29)30-13-20(26)25-15(3)6-5-7-16(25)4/h8-9,12,14-16H,5-7,10-11,13H2,1-4H3/t15-,16-/m0/s1. The number of ether oxygens (including phenoxy) is 1. The molecular formula is C23H30N2O5. The zero-order chi connectivity index (χ0) is 22.0. The van der Waals surface area contributed by atoms with Crippen LogP contribution in [0, 0.1) is 5.92 Å². The molecule has 30 heavy (non-hydrogen) atoms. The zero-order valence-corrected chi connectivity index (χ0v) is 18.1. The van der Waals surface area contributed by atoms with E-state index in [1.54, 1.807) is 4.90 Å². The zero-order valence-electron chi connectivity index (χ0n) is 18.1. The van der Waals surface area contributed by atoms with Crippen molar-refractivity contribution >= 4 is 23.7 Å². The van der Waals surface area contributed by atoms with E-state index in [1.165, 1.54) is 23.1 Å². The Morgan fingerprint density at radius 3 is 2.33 bits per heavy atom. The number of rotatable bonds is 6. The second kappa shape index (κ2) is 8.98. The molecule has 162 valence electrons. The lowest BCUT2D eigenvalue weighted by molar-refractivity contribution is -0.140. The van der Waals surface area contributed by atoms with E-state index < -0.39 is 11.9 Å². The molecule has 1 fully saturated rings. The molecule has 2 atom stereocenters. The van der Waals surface area contributed by atoms with Crippen LogP contribution in [0.2, 0.25) is 0 Å². The maximum atomic E-state index is 12.6. The van der Waals surface area contributed by atoms with Crippen LogP contribution >= 0.6 is 0 Å². The van der Waals surface area contributed by atoms with Gasteiger partial charge in [0.05, 0.1) is 16.7 Å². The predicted molar refractivity (Wildman–Crippen MR) is 111 cm³/mol. The highest BCUT2D eigenvalue weighted by Crippen LogP contribution is 2.26. The molecule has 0 unspecified atom stereocenters. The van der Waals surface area contributed by atoms with Crippen LogP contribution in [0.25, 0.3) is 0 Å². The fourth-order valence-corrected chi connectivity index (χ4v) is 4.21. The monoisotopic (exact) mass is 414 g/mol. The van der Waals surface area contributed by atoms with E-state index in [2.05, 4.69) is 0 Å². The van der Waals surface area contributed by atoms with Crippen LogP contribution in [-0.2, 0) is 9.53 Å². The number of carbonyl (C=O) groups excluding carboxylic acids is 4. The molecular weight excluding hydrogens is 384 g/mol. The fourth-order valence-electron chi connectivity index (χ4n) is 4.21. The lowest BCUT2D eigenvalue weighted by Crippen LogP contribution is -2.49. The molecule has 3 rings (SSSR count). The third kappa shape index (κ3) is 4.40. The Balaban J connectivity index is 1.65. The quantitative estimate of drug-likeness (QED) is 0.527. The molecule has 2 aliphatic rings. The molecule has 2 aliphatic heterocycles. The van der Waals surface area contributed by atoms with Crippen LogP contribution in [0.5, 0.6) is 0 Å². The first-order chi connectivity index (χ1) is 14.2. The van der Waals surface area contributed by atoms with Crippen molar-refractivity contribution in [2.75, 3.05) is 13.2 Å². The summed E-state index contributed by atoms with van der Waals surface area (Å²) in [6.45, 7) is 8.08. The second-order valence-electron chi connectivity index (χ2n) is 8.71. The molecule has 0 aromatic heterocycles. The number of carbonyl (C=O) groups is 4. The van der Waals surface area contributed by atoms with Gasteiger partial charge in [-0.05, 0) is 63.6 Å². The molecule has 1 aromatic rings. The largest absolute Gasteiger partial charge is 0.452 e. The van der Waals surface area contributed by atoms with Gasteiger partial charge in [-0.1, -0.05) is 13.8 Å². The number of nitrogens with zero attached hydrogens (tertiary/aromatic N) is 2. The minimum Gasteiger partial charge on any atom is -0.452 e. The summed E-state index contributed by atoms with van der Waals surface area (Å²) in [5, 5.41) is 0. The van der Waals surface area contributed by atoms with Crippen molar-refractivity contribution in [2.24, 2.45) is 5.92 Å². The fraction of sp³-hybridized carbons (Fsp3) is 0.565. The van der Waals surface area contributed by atoms with Crippen LogP contribution in [0.3, 0.4) is 0 Å². The summed E-state index contributed by atoms with van der Waals surface area (Å²) in [6, 6.07) is 4.59. The molecule has 0 bridgehead atoms. The van der Waals surface area contributed by atoms with Crippen molar-refractivity contribution in [3.63, 3.8) is 0 Å². The van der Waals surface area contributed by atoms with Crippen LogP contribution < -0.4 is 0 Å². The van der Waals surface area contributed by atoms with E-state index in [4.69, 9.17) is 4.74 Å². The maximum Gasteiger partial charge on any atom is 0.338 e. The Morgan fingerprint density at radius 2 is 1.70 bits per heavy atom. The number of fused-ring (bicyclic) bond motifs is 1. The topological polar surface area (TPSA) is 84.0 Å². The average molecular weight is 415 g/mol. The molecule has 1 saturated heterocycles. The molecule has 0 spiro atoms. The predicted octanol–water partition coefficient (Wildman–Crippen LogP) is 3.28. The van der Waals surface area contributed by atoms with Crippen LogP contribution in [0.4, 0.5) is 0 Å². The van der Waals surface area contributed by atoms with E-state index in [0.29, 0.717) is 18.0 Å². The van der Waals surface area contributed by atoms with Gasteiger partial charge in [0.1, 0.15) is 0 Å². The molecule has 7 nitrogen and oxygen atoms in total. The SMILES string of the molecule is CC(C)CCN1C(=O)c2ccc(C(=O)OCC(=O)N3[C@@H](C)CCC[C@@H]3C)cc2C1=O. The number of hydrogen-bond donors (Lipinski definition) is 0. The summed E-state index contributed by atoms with van der Waals surface area (Å²) in [7, 11) is 0. The third-order valence-electron chi connectivity index (χ3n) is 5.94. The first kappa shape index (κ1) is 22.0. The lowest BCUT2D eigenvalue weighted by Gasteiger charge is -2.38. The molecule has 0 saturated carbocycles. The molecule has 0 radical (unpaired) electrons. The van der Waals surface area contributed by atoms with Gasteiger partial charge in [0.25, 0.3) is 17.7 Å². The summed E-state index contributed by atoms with van der Waals surface area (Å²) < 4.78 is 5.23. The van der Waals surface area contributed by atoms with E-state index in [1.807, 2.05) is 27.7 Å².